The lowest BCUT2D eigenvalue weighted by atomic mass is 9.85. The Morgan fingerprint density at radius 2 is 1.89 bits per heavy atom. The lowest BCUT2D eigenvalue weighted by molar-refractivity contribution is 0.304. The summed E-state index contributed by atoms with van der Waals surface area (Å²) in [5, 5.41) is 7.58. The number of hydrogen-bond acceptors (Lipinski definition) is 3. The molecule has 0 atom stereocenters. The number of nitrogens with one attached hydrogen (secondary N) is 1. The highest BCUT2D eigenvalue weighted by atomic mass is 15.2. The van der Waals surface area contributed by atoms with Crippen LogP contribution in [0.4, 0.5) is 5.82 Å². The molecule has 0 amide bonds. The maximum atomic E-state index is 4.52. The highest BCUT2D eigenvalue weighted by Crippen LogP contribution is 2.20. The van der Waals surface area contributed by atoms with Crippen LogP contribution in [-0.2, 0) is 0 Å². The molecule has 0 aliphatic heterocycles. The third-order valence-electron chi connectivity index (χ3n) is 3.49. The fraction of sp³-hybridized carbons (Fsp3) is 0.571. The van der Waals surface area contributed by atoms with E-state index in [-0.39, 0.29) is 0 Å². The first-order valence-electron chi connectivity index (χ1n) is 6.62. The average Bonchev–Trinajstić information content (AvgIpc) is 2.75. The second-order valence-corrected chi connectivity index (χ2v) is 5.48. The van der Waals surface area contributed by atoms with Gasteiger partial charge in [0.25, 0.3) is 0 Å². The van der Waals surface area contributed by atoms with Crippen molar-refractivity contribution in [2.45, 2.75) is 27.7 Å². The minimum absolute atomic E-state index is 0.660. The highest BCUT2D eigenvalue weighted by molar-refractivity contribution is 5.45. The van der Waals surface area contributed by atoms with Gasteiger partial charge in [0.05, 0.1) is 6.20 Å². The van der Waals surface area contributed by atoms with E-state index >= 15 is 0 Å². The summed E-state index contributed by atoms with van der Waals surface area (Å²) in [6.07, 6.45) is 3.70. The lowest BCUT2D eigenvalue weighted by Crippen LogP contribution is -2.24. The molecule has 1 N–H and O–H groups in total. The van der Waals surface area contributed by atoms with Gasteiger partial charge in [-0.1, -0.05) is 27.7 Å². The van der Waals surface area contributed by atoms with Gasteiger partial charge in [0, 0.05) is 18.8 Å². The first-order valence-corrected chi connectivity index (χ1v) is 6.62. The zero-order chi connectivity index (χ0) is 13.1. The summed E-state index contributed by atoms with van der Waals surface area (Å²) in [7, 11) is 0. The molecule has 4 heteroatoms. The van der Waals surface area contributed by atoms with E-state index in [9.17, 15) is 0 Å². The van der Waals surface area contributed by atoms with Crippen molar-refractivity contribution in [1.29, 1.82) is 0 Å². The number of fused-ring (bicyclic) bond motifs is 1. The monoisotopic (exact) mass is 246 g/mol. The van der Waals surface area contributed by atoms with Gasteiger partial charge >= 0.3 is 0 Å². The lowest BCUT2D eigenvalue weighted by Gasteiger charge is -2.25. The Morgan fingerprint density at radius 3 is 2.56 bits per heavy atom. The normalized spacial score (nSPS) is 11.9. The van der Waals surface area contributed by atoms with Crippen molar-refractivity contribution in [3.8, 4) is 0 Å². The molecule has 2 aromatic rings. The number of hydrogen-bond donors (Lipinski definition) is 1. The van der Waals surface area contributed by atoms with Crippen molar-refractivity contribution in [3.63, 3.8) is 0 Å². The second-order valence-electron chi connectivity index (χ2n) is 5.48. The van der Waals surface area contributed by atoms with Gasteiger partial charge in [-0.3, -0.25) is 0 Å². The Labute approximate surface area is 108 Å². The molecule has 0 spiro atoms. The van der Waals surface area contributed by atoms with Crippen LogP contribution >= 0.6 is 0 Å². The van der Waals surface area contributed by atoms with E-state index in [1.165, 1.54) is 0 Å². The molecule has 98 valence electrons. The minimum atomic E-state index is 0.660. The van der Waals surface area contributed by atoms with E-state index < -0.39 is 0 Å². The van der Waals surface area contributed by atoms with E-state index in [2.05, 4.69) is 43.1 Å². The first kappa shape index (κ1) is 12.9. The van der Waals surface area contributed by atoms with Crippen LogP contribution in [0.15, 0.2) is 24.5 Å². The van der Waals surface area contributed by atoms with Crippen molar-refractivity contribution in [3.05, 3.63) is 24.5 Å². The van der Waals surface area contributed by atoms with Crippen molar-refractivity contribution >= 4 is 11.5 Å². The minimum Gasteiger partial charge on any atom is -0.370 e. The third kappa shape index (κ3) is 2.81. The van der Waals surface area contributed by atoms with Crippen molar-refractivity contribution in [2.75, 3.05) is 11.9 Å². The molecule has 0 aliphatic rings. The van der Waals surface area contributed by atoms with Gasteiger partial charge in [0.2, 0.25) is 0 Å². The molecular weight excluding hydrogens is 224 g/mol. The van der Waals surface area contributed by atoms with Gasteiger partial charge in [0.1, 0.15) is 5.82 Å². The van der Waals surface area contributed by atoms with Gasteiger partial charge in [0.15, 0.2) is 5.65 Å². The Balaban J connectivity index is 2.04. The largest absolute Gasteiger partial charge is 0.370 e. The van der Waals surface area contributed by atoms with E-state index in [0.29, 0.717) is 17.8 Å². The zero-order valence-corrected chi connectivity index (χ0v) is 11.6. The van der Waals surface area contributed by atoms with Crippen LogP contribution in [0.5, 0.6) is 0 Å². The molecule has 0 radical (unpaired) electrons. The molecule has 2 aromatic heterocycles. The van der Waals surface area contributed by atoms with E-state index in [4.69, 9.17) is 0 Å². The summed E-state index contributed by atoms with van der Waals surface area (Å²) >= 11 is 0. The van der Waals surface area contributed by atoms with Crippen LogP contribution in [0.25, 0.3) is 5.65 Å². The molecule has 0 saturated carbocycles. The van der Waals surface area contributed by atoms with Gasteiger partial charge in [-0.2, -0.15) is 5.10 Å². The number of aromatic nitrogens is 3. The highest BCUT2D eigenvalue weighted by Gasteiger charge is 2.17. The molecular formula is C14H22N4. The van der Waals surface area contributed by atoms with Gasteiger partial charge in [-0.05, 0) is 23.8 Å². The van der Waals surface area contributed by atoms with Crippen molar-refractivity contribution in [2.24, 2.45) is 17.8 Å². The molecule has 0 bridgehead atoms. The van der Waals surface area contributed by atoms with Gasteiger partial charge in [-0.15, -0.1) is 0 Å². The zero-order valence-electron chi connectivity index (χ0n) is 11.6. The quantitative estimate of drug-likeness (QED) is 0.881. The predicted molar refractivity (Wildman–Crippen MR) is 74.6 cm³/mol. The molecule has 0 aromatic carbocycles. The van der Waals surface area contributed by atoms with Gasteiger partial charge < -0.3 is 5.32 Å². The summed E-state index contributed by atoms with van der Waals surface area (Å²) in [6.45, 7) is 10.1. The van der Waals surface area contributed by atoms with Crippen LogP contribution in [0, 0.1) is 17.8 Å². The number of nitrogens with zero attached hydrogens (tertiary/aromatic N) is 3. The summed E-state index contributed by atoms with van der Waals surface area (Å²) in [6, 6.07) is 3.88. The molecule has 4 nitrogen and oxygen atoms in total. The van der Waals surface area contributed by atoms with Crippen LogP contribution < -0.4 is 5.32 Å². The fourth-order valence-electron chi connectivity index (χ4n) is 2.37. The summed E-state index contributed by atoms with van der Waals surface area (Å²) in [5.41, 5.74) is 0.880. The van der Waals surface area contributed by atoms with Crippen LogP contribution in [0.3, 0.4) is 0 Å². The Bertz CT molecular complexity index is 493. The standard InChI is InChI=1S/C14H22N4/c1-10(2)12(11(3)4)9-15-13-6-8-18-14(17-13)5-7-16-18/h5-8,10-12H,9H2,1-4H3,(H,15,17). The van der Waals surface area contributed by atoms with E-state index in [1.54, 1.807) is 10.7 Å². The Morgan fingerprint density at radius 1 is 1.17 bits per heavy atom. The first-order chi connectivity index (χ1) is 8.58. The van der Waals surface area contributed by atoms with E-state index in [1.807, 2.05) is 18.3 Å². The number of anilines is 1. The van der Waals surface area contributed by atoms with Gasteiger partial charge in [-0.25, -0.2) is 9.50 Å². The predicted octanol–water partition coefficient (Wildman–Crippen LogP) is 3.07. The fourth-order valence-corrected chi connectivity index (χ4v) is 2.37. The van der Waals surface area contributed by atoms with E-state index in [0.717, 1.165) is 18.0 Å². The molecule has 18 heavy (non-hydrogen) atoms. The summed E-state index contributed by atoms with van der Waals surface area (Å²) in [5.74, 6) is 2.94. The Kier molecular flexibility index (Phi) is 3.84. The third-order valence-corrected chi connectivity index (χ3v) is 3.49. The van der Waals surface area contributed by atoms with Crippen molar-refractivity contribution < 1.29 is 0 Å². The maximum Gasteiger partial charge on any atom is 0.157 e. The topological polar surface area (TPSA) is 42.2 Å². The molecule has 0 unspecified atom stereocenters. The van der Waals surface area contributed by atoms with Crippen LogP contribution in [0.1, 0.15) is 27.7 Å². The summed E-state index contributed by atoms with van der Waals surface area (Å²) in [4.78, 5) is 4.52. The molecule has 2 heterocycles. The second kappa shape index (κ2) is 5.38. The molecule has 0 aliphatic carbocycles. The molecule has 2 rings (SSSR count). The SMILES string of the molecule is CC(C)C(CNc1ccn2nccc2n1)C(C)C. The smallest absolute Gasteiger partial charge is 0.157 e. The maximum absolute atomic E-state index is 4.52. The van der Waals surface area contributed by atoms with Crippen LogP contribution in [0.2, 0.25) is 0 Å². The average molecular weight is 246 g/mol. The number of rotatable bonds is 5. The van der Waals surface area contributed by atoms with Crippen molar-refractivity contribution in [1.82, 2.24) is 14.6 Å². The van der Waals surface area contributed by atoms with Crippen LogP contribution in [-0.4, -0.2) is 21.1 Å². The Hall–Kier alpha value is -1.58. The molecule has 0 saturated heterocycles. The molecule has 0 fully saturated rings. The summed E-state index contributed by atoms with van der Waals surface area (Å²) < 4.78 is 1.77.